The predicted molar refractivity (Wildman–Crippen MR) is 481 cm³/mol. The van der Waals surface area contributed by atoms with Gasteiger partial charge < -0.3 is 123 Å². The van der Waals surface area contributed by atoms with Gasteiger partial charge in [0.2, 0.25) is 0 Å². The Kier molecular flexibility index (Phi) is 39.3. The van der Waals surface area contributed by atoms with E-state index in [1.165, 1.54) is 88.3 Å². The van der Waals surface area contributed by atoms with Crippen LogP contribution in [-0.2, 0) is 64.7 Å². The topological polar surface area (TPSA) is 664 Å². The number of carbonyl (C=O) groups excluding carboxylic acids is 1. The highest BCUT2D eigenvalue weighted by Gasteiger charge is 2.49. The summed E-state index contributed by atoms with van der Waals surface area (Å²) < 4.78 is 60.7. The third-order valence-electron chi connectivity index (χ3n) is 22.7. The Balaban J connectivity index is 0.000000184. The summed E-state index contributed by atoms with van der Waals surface area (Å²) in [5, 5.41) is 73.3. The van der Waals surface area contributed by atoms with Gasteiger partial charge in [0, 0.05) is 76.7 Å². The van der Waals surface area contributed by atoms with Crippen LogP contribution in [0.5, 0.6) is 0 Å². The van der Waals surface area contributed by atoms with Crippen molar-refractivity contribution in [3.8, 4) is 0 Å². The minimum atomic E-state index is -1.17. The average Bonchev–Trinajstić information content (AvgIpc) is 1.62. The van der Waals surface area contributed by atoms with Crippen LogP contribution < -0.4 is 62.3 Å². The lowest BCUT2D eigenvalue weighted by Gasteiger charge is -2.17. The zero-order valence-electron chi connectivity index (χ0n) is 76.5. The van der Waals surface area contributed by atoms with Gasteiger partial charge in [-0.3, -0.25) is 27.4 Å². The second kappa shape index (κ2) is 49.1. The molecule has 16 rings (SSSR count). The van der Waals surface area contributed by atoms with Gasteiger partial charge in [-0.25, -0.2) is 59.2 Å². The normalized spacial score (nSPS) is 27.6. The second-order valence-corrected chi connectivity index (χ2v) is 35.2. The Morgan fingerprint density at radius 1 is 0.500 bits per heavy atom. The van der Waals surface area contributed by atoms with Crippen molar-refractivity contribution in [3.05, 3.63) is 105 Å². The fraction of sp³-hybridized carbons (Fsp3) is 0.667. The van der Waals surface area contributed by atoms with Crippen molar-refractivity contribution in [2.24, 2.45) is 5.92 Å². The van der Waals surface area contributed by atoms with E-state index in [4.69, 9.17) is 77.0 Å². The Morgan fingerprint density at radius 2 is 0.885 bits per heavy atom. The van der Waals surface area contributed by atoms with Crippen molar-refractivity contribution in [3.63, 3.8) is 0 Å². The number of hydrogen-bond acceptors (Lipinski definition) is 38. The fourth-order valence-corrected chi connectivity index (χ4v) is 17.3. The maximum atomic E-state index is 12.5. The van der Waals surface area contributed by atoms with Crippen LogP contribution >= 0.6 is 0 Å². The molecule has 7 aliphatic rings. The molecular weight excluding hydrogens is 1710 g/mol. The highest BCUT2D eigenvalue weighted by Crippen LogP contribution is 2.42. The summed E-state index contributed by atoms with van der Waals surface area (Å²) in [6.45, 7) is 20.7. The number of aryl methyl sites for hydroxylation is 2. The van der Waals surface area contributed by atoms with E-state index < -0.39 is 91.4 Å². The minimum Gasteiger partial charge on any atom is -0.544 e. The summed E-state index contributed by atoms with van der Waals surface area (Å²) in [6, 6.07) is 0.821. The highest BCUT2D eigenvalue weighted by atomic mass is 32.2. The number of rotatable bonds is 25. The molecule has 6 saturated heterocycles. The van der Waals surface area contributed by atoms with Gasteiger partial charge in [-0.05, 0) is 74.7 Å². The molecular formula is C84H134N25O20S+. The average molecular weight is 1850 g/mol. The molecule has 9 aromatic heterocycles. The number of unbranched alkanes of at least 4 members (excludes halogenated alkanes) is 1. The molecule has 720 valence electrons. The molecule has 0 spiro atoms. The SMILES string of the molecule is CCC.CCC.CCC.CC[C@H]1O[C@@H](n2cc(C)c(N)nc2=O)C[C@@H]1OC.CC[C@H]1O[C@@H](n2cc(CCCC[C@H]3O[C@@H](n4cnc5c(N)ncnc54)[C@@H](O)C3O)c(N)nc2=O)C[C@@H]1OC.CC[C@H]1O[C@@H](n2ccc(N)nc2=O)C[C@@H]1OC.C[S+](CC[C@H]([NH3+])C(=O)[O-])C[C@H]1O[C@@H](n2cnc3c(N)ncnc32)[C@@H](O)C1O.Nc1ncnc2c1ncn2[C@@H]1O[C@H](CC2CC2)C(O)[C@@H]1O. The van der Waals surface area contributed by atoms with Gasteiger partial charge in [-0.2, -0.15) is 15.0 Å². The monoisotopic (exact) mass is 1840 g/mol. The summed E-state index contributed by atoms with van der Waals surface area (Å²) in [5.74, 6) is 1.94. The number of carboxylic acid groups (broad SMARTS) is 1. The summed E-state index contributed by atoms with van der Waals surface area (Å²) >= 11 is 0. The van der Waals surface area contributed by atoms with E-state index in [0.29, 0.717) is 102 Å². The number of fused-ring (bicyclic) bond motifs is 3. The fourth-order valence-electron chi connectivity index (χ4n) is 15.6. The number of nitrogen functional groups attached to an aromatic ring is 6. The summed E-state index contributed by atoms with van der Waals surface area (Å²) in [5.41, 5.74) is 40.9. The summed E-state index contributed by atoms with van der Waals surface area (Å²) in [4.78, 5) is 94.9. The number of carbonyl (C=O) groups is 1. The number of aliphatic hydroxyl groups is 6. The molecule has 1 aliphatic carbocycles. The smallest absolute Gasteiger partial charge is 0.351 e. The van der Waals surface area contributed by atoms with Crippen molar-refractivity contribution in [2.75, 3.05) is 73.5 Å². The molecule has 7 fully saturated rings. The summed E-state index contributed by atoms with van der Waals surface area (Å²) in [6.07, 6.45) is 17.9. The summed E-state index contributed by atoms with van der Waals surface area (Å²) in [7, 11) is 4.74. The first-order valence-electron chi connectivity index (χ1n) is 44.3. The molecule has 0 amide bonds. The van der Waals surface area contributed by atoms with Crippen LogP contribution in [-0.4, -0.2) is 261 Å². The van der Waals surface area contributed by atoms with Gasteiger partial charge in [0.25, 0.3) is 0 Å². The number of aromatic nitrogens is 18. The van der Waals surface area contributed by atoms with E-state index in [9.17, 15) is 54.9 Å². The second-order valence-electron chi connectivity index (χ2n) is 32.9. The van der Waals surface area contributed by atoms with Crippen LogP contribution in [0, 0.1) is 12.8 Å². The molecule has 0 bridgehead atoms. The number of ether oxygens (including phenoxy) is 9. The number of aliphatic carboxylic acids is 1. The highest BCUT2D eigenvalue weighted by molar-refractivity contribution is 7.96. The Hall–Kier alpha value is -9.73. The standard InChI is InChI=1S/C24H34N8O6.C15H22N6O5S.C13H17N5O3.C12H19N3O3.C11H17N3O3.3C3H8/c1-3-13-15(36-2)8-16(37-13)31-9-12(20(25)30-24(31)35)6-4-5-7-14-18(33)19(34)23(38-14)32-11-29-17-21(26)27-10-28-22(17)32;1-27(3-2-7(16)15(24)25)4-8-10(22)11(23)14(26-8)21-6-20-9-12(17)18-5-19-13(9)21;14-11-8-12(16-4-15-11)18(5-17-8)13-10(20)9(19)7(21-13)3-6-1-2-6;1-4-8-9(17-3)5-10(18-8)15-6-7(2)11(13)14-12(15)16;1-3-7-8(16-2)6-10(17-7)14-5-4-9(12)13-11(14)15;3*1-3-2/h9-11,13-16,18-19,23,33-34H,3-8H2,1-2H3,(H2,25,30,35)(H2,26,27,28);5-8,10-11,14,22-23H,2-4,16H2,1H3,(H2-,17,18,19,24,25);4-7,9-10,13,19-20H,1-3H2,(H2,14,15,16);6,8-10H,4-5H2,1-3H3,(H2,13,14,16);4-5,7-8,10H,3,6H2,1-2H3,(H2,12,13,15);3*3H2,1-2H3/p+1/t13-,14-,15+,16-,18?,19+,23-;7-,8+,10?,11-,14+,27?;7-,9?,10+,13-;8-,9+,10-;7-,8+,10-;;;/m10111.../s1. The van der Waals surface area contributed by atoms with E-state index in [1.54, 1.807) is 55.1 Å². The number of nitrogens with zero attached hydrogens (tertiary/aromatic N) is 18. The number of imidazole rings is 3. The van der Waals surface area contributed by atoms with Gasteiger partial charge in [0.1, 0.15) is 132 Å². The molecule has 23 atom stereocenters. The third-order valence-corrected chi connectivity index (χ3v) is 24.5. The number of methoxy groups -OCH3 is 3. The third kappa shape index (κ3) is 25.8. The lowest BCUT2D eigenvalue weighted by Crippen LogP contribution is -2.68. The molecule has 130 heavy (non-hydrogen) atoms. The van der Waals surface area contributed by atoms with Crippen molar-refractivity contribution >= 4 is 85.3 Å². The van der Waals surface area contributed by atoms with Crippen LogP contribution in [0.4, 0.5) is 34.9 Å². The maximum absolute atomic E-state index is 12.5. The van der Waals surface area contributed by atoms with E-state index in [-0.39, 0.29) is 112 Å². The number of carboxylic acids is 1. The lowest BCUT2D eigenvalue weighted by molar-refractivity contribution is -0.437. The van der Waals surface area contributed by atoms with Crippen molar-refractivity contribution in [2.45, 2.75) is 313 Å². The van der Waals surface area contributed by atoms with Gasteiger partial charge in [-0.15, -0.1) is 0 Å². The number of nitrogens with two attached hydrogens (primary N) is 6. The Labute approximate surface area is 755 Å². The molecule has 21 N–H and O–H groups in total. The largest absolute Gasteiger partial charge is 0.544 e. The number of quaternary nitrogens is 1. The first-order chi connectivity index (χ1) is 62.2. The van der Waals surface area contributed by atoms with Crippen LogP contribution in [0.2, 0.25) is 0 Å². The van der Waals surface area contributed by atoms with Gasteiger partial charge in [0.05, 0.1) is 80.0 Å². The molecule has 1 saturated carbocycles. The zero-order valence-corrected chi connectivity index (χ0v) is 77.3. The lowest BCUT2D eigenvalue weighted by atomic mass is 10.0. The van der Waals surface area contributed by atoms with Crippen LogP contribution in [0.25, 0.3) is 33.5 Å². The minimum absolute atomic E-state index is 0.0183. The zero-order chi connectivity index (χ0) is 95.1. The van der Waals surface area contributed by atoms with Crippen molar-refractivity contribution < 1.29 is 88.9 Å². The molecule has 9 aromatic rings. The Morgan fingerprint density at radius 3 is 1.28 bits per heavy atom. The number of aliphatic hydroxyl groups excluding tert-OH is 6. The number of hydrogen-bond donors (Lipinski definition) is 13. The predicted octanol–water partition coefficient (Wildman–Crippen LogP) is 1.78. The molecule has 6 aliphatic heterocycles. The van der Waals surface area contributed by atoms with Gasteiger partial charge in [0.15, 0.2) is 53.1 Å². The van der Waals surface area contributed by atoms with E-state index in [2.05, 4.69) is 107 Å². The van der Waals surface area contributed by atoms with E-state index in [1.807, 2.05) is 34.0 Å². The first kappa shape index (κ1) is 104. The quantitative estimate of drug-likeness (QED) is 0.0286. The van der Waals surface area contributed by atoms with Crippen molar-refractivity contribution in [1.82, 2.24) is 87.2 Å². The molecule has 46 heteroatoms. The van der Waals surface area contributed by atoms with E-state index in [0.717, 1.165) is 36.8 Å². The molecule has 45 nitrogen and oxygen atoms in total. The van der Waals surface area contributed by atoms with Gasteiger partial charge >= 0.3 is 17.1 Å². The van der Waals surface area contributed by atoms with Crippen LogP contribution in [0.3, 0.4) is 0 Å². The van der Waals surface area contributed by atoms with Crippen LogP contribution in [0.1, 0.15) is 214 Å². The van der Waals surface area contributed by atoms with Crippen molar-refractivity contribution in [1.29, 1.82) is 0 Å². The van der Waals surface area contributed by atoms with Gasteiger partial charge in [-0.1, -0.05) is 101 Å². The Bertz CT molecular complexity index is 5180. The molecule has 4 unspecified atom stereocenters. The molecule has 0 aromatic carbocycles. The number of anilines is 6. The maximum Gasteiger partial charge on any atom is 0.351 e. The van der Waals surface area contributed by atoms with Crippen LogP contribution in [0.15, 0.2) is 77.0 Å². The molecule has 0 radical (unpaired) electrons. The van der Waals surface area contributed by atoms with E-state index >= 15 is 0 Å². The molecule has 15 heterocycles. The first-order valence-corrected chi connectivity index (χ1v) is 46.3.